The van der Waals surface area contributed by atoms with Gasteiger partial charge in [0.1, 0.15) is 17.1 Å². The molecule has 2 aliphatic rings. The zero-order valence-corrected chi connectivity index (χ0v) is 21.3. The smallest absolute Gasteiger partial charge is 0.347 e. The number of carbonyl (C=O) groups excluding carboxylic acids is 2. The number of carbonyl (C=O) groups is 3. The zero-order chi connectivity index (χ0) is 25.9. The first-order valence-electron chi connectivity index (χ1n) is 12.7. The molecule has 1 amide bonds. The molecule has 1 spiro atoms. The molecule has 0 radical (unpaired) electrons. The van der Waals surface area contributed by atoms with Gasteiger partial charge in [-0.1, -0.05) is 50.5 Å². The van der Waals surface area contributed by atoms with Crippen LogP contribution in [-0.4, -0.2) is 44.6 Å². The lowest BCUT2D eigenvalue weighted by molar-refractivity contribution is -0.152. The largest absolute Gasteiger partial charge is 0.478 e. The number of amidine groups is 1. The van der Waals surface area contributed by atoms with Crippen LogP contribution in [0, 0.1) is 0 Å². The average Bonchev–Trinajstić information content (AvgIpc) is 3.43. The summed E-state index contributed by atoms with van der Waals surface area (Å²) >= 11 is 0. The topological polar surface area (TPSA) is 96.3 Å². The zero-order valence-electron chi connectivity index (χ0n) is 21.3. The van der Waals surface area contributed by atoms with Gasteiger partial charge in [-0.25, -0.2) is 4.79 Å². The lowest BCUT2D eigenvalue weighted by Gasteiger charge is -2.22. The predicted octanol–water partition coefficient (Wildman–Crippen LogP) is 5.40. The molecule has 1 fully saturated rings. The fourth-order valence-corrected chi connectivity index (χ4v) is 4.82. The van der Waals surface area contributed by atoms with Crippen LogP contribution < -0.4 is 4.74 Å². The first-order chi connectivity index (χ1) is 17.1. The summed E-state index contributed by atoms with van der Waals surface area (Å²) in [6, 6.07) is 13.8. The highest BCUT2D eigenvalue weighted by Crippen LogP contribution is 2.40. The Morgan fingerprint density at radius 1 is 1.03 bits per heavy atom. The maximum Gasteiger partial charge on any atom is 0.347 e. The van der Waals surface area contributed by atoms with E-state index >= 15 is 0 Å². The summed E-state index contributed by atoms with van der Waals surface area (Å²) in [4.78, 5) is 44.4. The number of hydrogen-bond acceptors (Lipinski definition) is 5. The number of benzene rings is 2. The Morgan fingerprint density at radius 2 is 1.61 bits per heavy atom. The van der Waals surface area contributed by atoms with E-state index in [2.05, 4.69) is 6.92 Å². The molecule has 2 aromatic carbocycles. The average molecular weight is 491 g/mol. The standard InChI is InChI=1S/C29H34N2O5/c1-4-5-8-24-30-29(17-6-7-18-29)26(33)31(24)19-20-9-11-21(12-10-20)25(32)22-13-15-23(16-14-22)36-28(2,3)27(34)35/h9-16H,4-8,17-19H2,1-3H3,(H,34,35). The van der Waals surface area contributed by atoms with Gasteiger partial charge in [0.05, 0.1) is 6.54 Å². The van der Waals surface area contributed by atoms with Crippen LogP contribution in [0.2, 0.25) is 0 Å². The maximum atomic E-state index is 13.3. The molecule has 2 aromatic rings. The number of carboxylic acids is 1. The Hall–Kier alpha value is -3.48. The fraction of sp³-hybridized carbons (Fsp3) is 0.448. The third-order valence-corrected chi connectivity index (χ3v) is 7.04. The second kappa shape index (κ2) is 10.2. The molecule has 1 aliphatic carbocycles. The highest BCUT2D eigenvalue weighted by molar-refractivity contribution is 6.09. The van der Waals surface area contributed by atoms with Crippen molar-refractivity contribution in [2.75, 3.05) is 0 Å². The number of amides is 1. The number of hydrogen-bond donors (Lipinski definition) is 1. The summed E-state index contributed by atoms with van der Waals surface area (Å²) in [5.74, 6) is 0.195. The number of ether oxygens (including phenoxy) is 1. The predicted molar refractivity (Wildman–Crippen MR) is 137 cm³/mol. The van der Waals surface area contributed by atoms with Crippen LogP contribution >= 0.6 is 0 Å². The normalized spacial score (nSPS) is 16.9. The number of ketones is 1. The van der Waals surface area contributed by atoms with E-state index < -0.39 is 17.1 Å². The number of aliphatic imine (C=N–C) groups is 1. The molecule has 1 saturated carbocycles. The molecule has 1 heterocycles. The van der Waals surface area contributed by atoms with E-state index in [1.54, 1.807) is 36.4 Å². The van der Waals surface area contributed by atoms with Crippen molar-refractivity contribution >= 4 is 23.5 Å². The molecule has 7 heteroatoms. The minimum Gasteiger partial charge on any atom is -0.478 e. The van der Waals surface area contributed by atoms with Gasteiger partial charge in [-0.05, 0) is 62.9 Å². The molecule has 0 saturated heterocycles. The first-order valence-corrected chi connectivity index (χ1v) is 12.7. The molecule has 4 rings (SSSR count). The van der Waals surface area contributed by atoms with Gasteiger partial charge in [0, 0.05) is 17.5 Å². The monoisotopic (exact) mass is 490 g/mol. The fourth-order valence-electron chi connectivity index (χ4n) is 4.82. The summed E-state index contributed by atoms with van der Waals surface area (Å²) in [6.45, 7) is 5.54. The van der Waals surface area contributed by atoms with Gasteiger partial charge in [0.2, 0.25) is 0 Å². The van der Waals surface area contributed by atoms with Crippen LogP contribution in [0.1, 0.15) is 87.2 Å². The molecule has 0 bridgehead atoms. The van der Waals surface area contributed by atoms with Gasteiger partial charge in [-0.2, -0.15) is 0 Å². The molecule has 0 unspecified atom stereocenters. The number of carboxylic acid groups (broad SMARTS) is 1. The van der Waals surface area contributed by atoms with E-state index in [9.17, 15) is 19.5 Å². The van der Waals surface area contributed by atoms with Gasteiger partial charge in [-0.3, -0.25) is 19.5 Å². The van der Waals surface area contributed by atoms with Crippen molar-refractivity contribution in [1.82, 2.24) is 4.90 Å². The highest BCUT2D eigenvalue weighted by atomic mass is 16.5. The number of unbranched alkanes of at least 4 members (excludes halogenated alkanes) is 1. The SMILES string of the molecule is CCCCC1=NC2(CCCC2)C(=O)N1Cc1ccc(C(=O)c2ccc(OC(C)(C)C(=O)O)cc2)cc1. The van der Waals surface area contributed by atoms with E-state index in [4.69, 9.17) is 9.73 Å². The van der Waals surface area contributed by atoms with Crippen LogP contribution in [-0.2, 0) is 16.1 Å². The highest BCUT2D eigenvalue weighted by Gasteiger charge is 2.49. The second-order valence-electron chi connectivity index (χ2n) is 10.2. The molecule has 1 aliphatic heterocycles. The molecular formula is C29H34N2O5. The van der Waals surface area contributed by atoms with E-state index in [0.717, 1.165) is 56.3 Å². The molecule has 0 atom stereocenters. The van der Waals surface area contributed by atoms with Crippen molar-refractivity contribution in [3.05, 3.63) is 65.2 Å². The van der Waals surface area contributed by atoms with Crippen LogP contribution in [0.5, 0.6) is 5.75 Å². The summed E-state index contributed by atoms with van der Waals surface area (Å²) in [7, 11) is 0. The Labute approximate surface area is 212 Å². The van der Waals surface area contributed by atoms with E-state index in [1.807, 2.05) is 17.0 Å². The van der Waals surface area contributed by atoms with Crippen molar-refractivity contribution in [3.8, 4) is 5.75 Å². The molecule has 1 N–H and O–H groups in total. The van der Waals surface area contributed by atoms with Crippen molar-refractivity contribution in [2.45, 2.75) is 83.4 Å². The number of rotatable bonds is 10. The van der Waals surface area contributed by atoms with Gasteiger partial charge in [0.25, 0.3) is 5.91 Å². The van der Waals surface area contributed by atoms with Crippen LogP contribution in [0.15, 0.2) is 53.5 Å². The first kappa shape index (κ1) is 25.6. The third kappa shape index (κ3) is 5.20. The third-order valence-electron chi connectivity index (χ3n) is 7.04. The number of nitrogens with zero attached hydrogens (tertiary/aromatic N) is 2. The van der Waals surface area contributed by atoms with Crippen molar-refractivity contribution < 1.29 is 24.2 Å². The van der Waals surface area contributed by atoms with Crippen molar-refractivity contribution in [1.29, 1.82) is 0 Å². The van der Waals surface area contributed by atoms with Crippen molar-refractivity contribution in [2.24, 2.45) is 4.99 Å². The van der Waals surface area contributed by atoms with Crippen molar-refractivity contribution in [3.63, 3.8) is 0 Å². The summed E-state index contributed by atoms with van der Waals surface area (Å²) in [6.07, 6.45) is 6.63. The summed E-state index contributed by atoms with van der Waals surface area (Å²) in [5.41, 5.74) is 0.0672. The van der Waals surface area contributed by atoms with E-state index in [-0.39, 0.29) is 11.7 Å². The lowest BCUT2D eigenvalue weighted by atomic mass is 9.98. The number of aliphatic carboxylic acids is 1. The maximum absolute atomic E-state index is 13.3. The summed E-state index contributed by atoms with van der Waals surface area (Å²) in [5, 5.41) is 9.22. The van der Waals surface area contributed by atoms with Crippen LogP contribution in [0.3, 0.4) is 0 Å². The Balaban J connectivity index is 1.44. The van der Waals surface area contributed by atoms with Gasteiger partial charge in [-0.15, -0.1) is 0 Å². The van der Waals surface area contributed by atoms with Crippen LogP contribution in [0.25, 0.3) is 0 Å². The Bertz CT molecular complexity index is 1160. The van der Waals surface area contributed by atoms with E-state index in [0.29, 0.717) is 23.4 Å². The van der Waals surface area contributed by atoms with Crippen LogP contribution in [0.4, 0.5) is 0 Å². The molecule has 0 aromatic heterocycles. The molecule has 7 nitrogen and oxygen atoms in total. The van der Waals surface area contributed by atoms with E-state index in [1.165, 1.54) is 13.8 Å². The lowest BCUT2D eigenvalue weighted by Crippen LogP contribution is -2.40. The summed E-state index contributed by atoms with van der Waals surface area (Å²) < 4.78 is 5.51. The molecule has 190 valence electrons. The minimum absolute atomic E-state index is 0.125. The van der Waals surface area contributed by atoms with Gasteiger partial charge < -0.3 is 9.84 Å². The second-order valence-corrected chi connectivity index (χ2v) is 10.2. The molecular weight excluding hydrogens is 456 g/mol. The quantitative estimate of drug-likeness (QED) is 0.450. The van der Waals surface area contributed by atoms with Gasteiger partial charge in [0.15, 0.2) is 11.4 Å². The van der Waals surface area contributed by atoms with Gasteiger partial charge >= 0.3 is 5.97 Å². The minimum atomic E-state index is -1.36. The molecule has 36 heavy (non-hydrogen) atoms. The Morgan fingerprint density at radius 3 is 2.17 bits per heavy atom. The Kier molecular flexibility index (Phi) is 7.29.